The molecule has 2 heterocycles. The van der Waals surface area contributed by atoms with Crippen molar-refractivity contribution in [2.24, 2.45) is 7.05 Å². The maximum atomic E-state index is 12.3. The number of hydrogen-bond acceptors (Lipinski definition) is 8. The number of amides is 2. The molecule has 0 unspecified atom stereocenters. The molecule has 4 rings (SSSR count). The van der Waals surface area contributed by atoms with Crippen molar-refractivity contribution in [2.75, 3.05) is 21.7 Å². The van der Waals surface area contributed by atoms with E-state index in [-0.39, 0.29) is 17.6 Å². The molecule has 11 heteroatoms. The lowest BCUT2D eigenvalue weighted by molar-refractivity contribution is -0.114. The Morgan fingerprint density at radius 3 is 2.41 bits per heavy atom. The van der Waals surface area contributed by atoms with Crippen molar-refractivity contribution in [1.82, 2.24) is 19.7 Å². The number of nitrogens with zero attached hydrogens (tertiary/aromatic N) is 4. The minimum atomic E-state index is -0.156. The third-order valence-electron chi connectivity index (χ3n) is 4.72. The molecule has 0 saturated carbocycles. The number of hydrogen-bond donors (Lipinski definition) is 3. The van der Waals surface area contributed by atoms with Gasteiger partial charge in [0.25, 0.3) is 0 Å². The standard InChI is InChI=1S/C23H23N7O2S2/c1-15(31)25-17-8-10-18(11-9-17)26-21(32)14-34-23-29-28-20(30(23)2)12-24-22-27-19(13-33-22)16-6-4-3-5-7-16/h3-11,13H,12,14H2,1-2H3,(H,24,27)(H,25,31)(H,26,32). The van der Waals surface area contributed by atoms with Crippen LogP contribution in [0, 0.1) is 0 Å². The number of carbonyl (C=O) groups is 2. The summed E-state index contributed by atoms with van der Waals surface area (Å²) in [5.41, 5.74) is 3.33. The second-order valence-electron chi connectivity index (χ2n) is 7.31. The number of aromatic nitrogens is 4. The molecule has 9 nitrogen and oxygen atoms in total. The van der Waals surface area contributed by atoms with E-state index in [1.807, 2.05) is 47.3 Å². The second kappa shape index (κ2) is 10.9. The van der Waals surface area contributed by atoms with Gasteiger partial charge >= 0.3 is 0 Å². The van der Waals surface area contributed by atoms with E-state index < -0.39 is 0 Å². The molecule has 0 spiro atoms. The summed E-state index contributed by atoms with van der Waals surface area (Å²) in [7, 11) is 1.87. The van der Waals surface area contributed by atoms with E-state index in [0.29, 0.717) is 23.1 Å². The number of benzene rings is 2. The molecule has 174 valence electrons. The van der Waals surface area contributed by atoms with E-state index in [1.54, 1.807) is 24.3 Å². The van der Waals surface area contributed by atoms with Crippen molar-refractivity contribution in [1.29, 1.82) is 0 Å². The van der Waals surface area contributed by atoms with Gasteiger partial charge in [0.1, 0.15) is 0 Å². The summed E-state index contributed by atoms with van der Waals surface area (Å²) in [6, 6.07) is 17.0. The van der Waals surface area contributed by atoms with Crippen molar-refractivity contribution in [2.45, 2.75) is 18.6 Å². The maximum absolute atomic E-state index is 12.3. The van der Waals surface area contributed by atoms with Crippen LogP contribution in [0.1, 0.15) is 12.7 Å². The van der Waals surface area contributed by atoms with Gasteiger partial charge in [-0.05, 0) is 24.3 Å². The van der Waals surface area contributed by atoms with Crippen LogP contribution >= 0.6 is 23.1 Å². The Kier molecular flexibility index (Phi) is 7.55. The fraction of sp³-hybridized carbons (Fsp3) is 0.174. The minimum absolute atomic E-state index is 0.144. The smallest absolute Gasteiger partial charge is 0.234 e. The molecular weight excluding hydrogens is 470 g/mol. The van der Waals surface area contributed by atoms with E-state index in [2.05, 4.69) is 31.1 Å². The van der Waals surface area contributed by atoms with Gasteiger partial charge in [-0.3, -0.25) is 9.59 Å². The Morgan fingerprint density at radius 1 is 1.00 bits per heavy atom. The lowest BCUT2D eigenvalue weighted by atomic mass is 10.2. The van der Waals surface area contributed by atoms with Gasteiger partial charge < -0.3 is 20.5 Å². The van der Waals surface area contributed by atoms with Gasteiger partial charge in [-0.2, -0.15) is 0 Å². The third-order valence-corrected chi connectivity index (χ3v) is 6.54. The van der Waals surface area contributed by atoms with Gasteiger partial charge in [-0.25, -0.2) is 4.98 Å². The highest BCUT2D eigenvalue weighted by molar-refractivity contribution is 7.99. The molecular formula is C23H23N7O2S2. The second-order valence-corrected chi connectivity index (χ2v) is 9.11. The van der Waals surface area contributed by atoms with Crippen LogP contribution in [0.2, 0.25) is 0 Å². The van der Waals surface area contributed by atoms with Gasteiger partial charge in [0.15, 0.2) is 16.1 Å². The number of rotatable bonds is 9. The van der Waals surface area contributed by atoms with Crippen molar-refractivity contribution >= 4 is 51.4 Å². The Bertz CT molecular complexity index is 1270. The molecule has 0 aliphatic carbocycles. The van der Waals surface area contributed by atoms with Crippen LogP contribution in [-0.4, -0.2) is 37.3 Å². The van der Waals surface area contributed by atoms with Crippen molar-refractivity contribution in [3.63, 3.8) is 0 Å². The molecule has 2 amide bonds. The van der Waals surface area contributed by atoms with Crippen LogP contribution in [0.4, 0.5) is 16.5 Å². The average molecular weight is 494 g/mol. The van der Waals surface area contributed by atoms with E-state index in [1.165, 1.54) is 30.0 Å². The summed E-state index contributed by atoms with van der Waals surface area (Å²) in [6.07, 6.45) is 0. The van der Waals surface area contributed by atoms with Crippen LogP contribution in [-0.2, 0) is 23.2 Å². The molecule has 2 aromatic carbocycles. The Morgan fingerprint density at radius 2 is 1.71 bits per heavy atom. The fourth-order valence-corrected chi connectivity index (χ4v) is 4.49. The number of thioether (sulfide) groups is 1. The summed E-state index contributed by atoms with van der Waals surface area (Å²) in [4.78, 5) is 28.0. The van der Waals surface area contributed by atoms with Gasteiger partial charge in [0.05, 0.1) is 18.0 Å². The zero-order valence-electron chi connectivity index (χ0n) is 18.6. The summed E-state index contributed by atoms with van der Waals surface area (Å²) in [5.74, 6) is 0.638. The first-order chi connectivity index (χ1) is 16.5. The summed E-state index contributed by atoms with van der Waals surface area (Å²) >= 11 is 2.85. The highest BCUT2D eigenvalue weighted by Gasteiger charge is 2.13. The quantitative estimate of drug-likeness (QED) is 0.299. The molecule has 2 aromatic heterocycles. The van der Waals surface area contributed by atoms with Gasteiger partial charge in [0, 0.05) is 36.3 Å². The number of anilines is 3. The molecule has 0 radical (unpaired) electrons. The van der Waals surface area contributed by atoms with Crippen molar-refractivity contribution < 1.29 is 9.59 Å². The van der Waals surface area contributed by atoms with Crippen molar-refractivity contribution in [3.8, 4) is 11.3 Å². The lowest BCUT2D eigenvalue weighted by Gasteiger charge is -2.07. The first-order valence-corrected chi connectivity index (χ1v) is 12.3. The van der Waals surface area contributed by atoms with Crippen LogP contribution in [0.25, 0.3) is 11.3 Å². The van der Waals surface area contributed by atoms with E-state index in [9.17, 15) is 9.59 Å². The zero-order valence-corrected chi connectivity index (χ0v) is 20.2. The monoisotopic (exact) mass is 493 g/mol. The summed E-state index contributed by atoms with van der Waals surface area (Å²) in [5, 5.41) is 20.7. The highest BCUT2D eigenvalue weighted by Crippen LogP contribution is 2.25. The molecule has 34 heavy (non-hydrogen) atoms. The molecule has 0 fully saturated rings. The molecule has 0 atom stereocenters. The summed E-state index contributed by atoms with van der Waals surface area (Å²) < 4.78 is 1.86. The van der Waals surface area contributed by atoms with Crippen LogP contribution in [0.5, 0.6) is 0 Å². The van der Waals surface area contributed by atoms with Crippen LogP contribution in [0.15, 0.2) is 65.1 Å². The Balaban J connectivity index is 1.27. The van der Waals surface area contributed by atoms with Crippen LogP contribution in [0.3, 0.4) is 0 Å². The fourth-order valence-electron chi connectivity index (χ4n) is 3.04. The minimum Gasteiger partial charge on any atom is -0.354 e. The number of nitrogens with one attached hydrogen (secondary N) is 3. The highest BCUT2D eigenvalue weighted by atomic mass is 32.2. The molecule has 3 N–H and O–H groups in total. The SMILES string of the molecule is CC(=O)Nc1ccc(NC(=O)CSc2nnc(CNc3nc(-c4ccccc4)cs3)n2C)cc1. The van der Waals surface area contributed by atoms with E-state index >= 15 is 0 Å². The normalized spacial score (nSPS) is 10.6. The predicted molar refractivity (Wildman–Crippen MR) is 136 cm³/mol. The topological polar surface area (TPSA) is 114 Å². The van der Waals surface area contributed by atoms with Gasteiger partial charge in [-0.1, -0.05) is 42.1 Å². The predicted octanol–water partition coefficient (Wildman–Crippen LogP) is 4.24. The molecule has 4 aromatic rings. The van der Waals surface area contributed by atoms with E-state index in [4.69, 9.17) is 0 Å². The first kappa shape index (κ1) is 23.5. The van der Waals surface area contributed by atoms with Gasteiger partial charge in [0.2, 0.25) is 11.8 Å². The maximum Gasteiger partial charge on any atom is 0.234 e. The largest absolute Gasteiger partial charge is 0.354 e. The van der Waals surface area contributed by atoms with Crippen molar-refractivity contribution in [3.05, 3.63) is 65.8 Å². The molecule has 0 aliphatic heterocycles. The first-order valence-electron chi connectivity index (χ1n) is 10.4. The molecule has 0 bridgehead atoms. The van der Waals surface area contributed by atoms with E-state index in [0.717, 1.165) is 22.2 Å². The number of carbonyl (C=O) groups excluding carboxylic acids is 2. The Hall–Kier alpha value is -3.70. The summed E-state index contributed by atoms with van der Waals surface area (Å²) in [6.45, 7) is 1.92. The third kappa shape index (κ3) is 6.21. The van der Waals surface area contributed by atoms with Gasteiger partial charge in [-0.15, -0.1) is 21.5 Å². The Labute approximate surface area is 205 Å². The zero-order chi connectivity index (χ0) is 23.9. The molecule has 0 aliphatic rings. The molecule has 0 saturated heterocycles. The number of thiazole rings is 1. The lowest BCUT2D eigenvalue weighted by Crippen LogP contribution is -2.14. The average Bonchev–Trinajstić information content (AvgIpc) is 3.44. The van der Waals surface area contributed by atoms with Crippen LogP contribution < -0.4 is 16.0 Å².